The Kier molecular flexibility index (Phi) is 9.85. The van der Waals surface area contributed by atoms with Gasteiger partial charge < -0.3 is 10.2 Å². The number of hydrogen-bond donors (Lipinski definition) is 1. The number of hydrogen-bond acceptors (Lipinski definition) is 3. The summed E-state index contributed by atoms with van der Waals surface area (Å²) in [5, 5.41) is 2.92. The summed E-state index contributed by atoms with van der Waals surface area (Å²) in [7, 11) is 0. The number of halogens is 2. The van der Waals surface area contributed by atoms with E-state index in [1.165, 1.54) is 23.9 Å². The first-order valence-corrected chi connectivity index (χ1v) is 11.8. The topological polar surface area (TPSA) is 49.4 Å². The number of benzene rings is 2. The fraction of sp³-hybridized carbons (Fsp3) is 0.391. The van der Waals surface area contributed by atoms with Crippen LogP contribution in [0, 0.1) is 11.7 Å². The molecule has 0 spiro atoms. The molecule has 2 aromatic carbocycles. The van der Waals surface area contributed by atoms with Crippen LogP contribution >= 0.6 is 27.7 Å². The van der Waals surface area contributed by atoms with Gasteiger partial charge in [0.05, 0.1) is 5.75 Å². The van der Waals surface area contributed by atoms with Crippen molar-refractivity contribution in [1.29, 1.82) is 0 Å². The summed E-state index contributed by atoms with van der Waals surface area (Å²) in [6.45, 7) is 6.75. The third kappa shape index (κ3) is 8.11. The molecule has 162 valence electrons. The summed E-state index contributed by atoms with van der Waals surface area (Å²) in [5.74, 6) is 0.654. The van der Waals surface area contributed by atoms with Gasteiger partial charge in [0.25, 0.3) is 0 Å². The van der Waals surface area contributed by atoms with Gasteiger partial charge >= 0.3 is 0 Å². The molecule has 1 N–H and O–H groups in total. The van der Waals surface area contributed by atoms with Crippen molar-refractivity contribution >= 4 is 39.5 Å². The number of carbonyl (C=O) groups excluding carboxylic acids is 2. The van der Waals surface area contributed by atoms with E-state index in [0.717, 1.165) is 15.6 Å². The molecule has 0 aromatic heterocycles. The van der Waals surface area contributed by atoms with Crippen LogP contribution in [0.1, 0.15) is 31.9 Å². The Morgan fingerprint density at radius 1 is 1.03 bits per heavy atom. The standard InChI is InChI=1S/C23H28BrFN2O2S/c1-16(2)12-26-23(29)17(3)27(13-18-4-8-20(24)9-5-18)22(28)15-30-14-19-6-10-21(25)11-7-19/h4-11,16-17H,12-15H2,1-3H3,(H,26,29)/t17-/m1/s1. The average molecular weight is 495 g/mol. The highest BCUT2D eigenvalue weighted by Crippen LogP contribution is 2.18. The molecule has 2 rings (SSSR count). The number of carbonyl (C=O) groups is 2. The normalized spacial score (nSPS) is 11.9. The first-order valence-electron chi connectivity index (χ1n) is 9.90. The van der Waals surface area contributed by atoms with Crippen LogP contribution in [0.25, 0.3) is 0 Å². The van der Waals surface area contributed by atoms with Gasteiger partial charge in [-0.3, -0.25) is 9.59 Å². The molecule has 0 heterocycles. The molecule has 1 atom stereocenters. The van der Waals surface area contributed by atoms with Crippen LogP contribution in [0.5, 0.6) is 0 Å². The van der Waals surface area contributed by atoms with E-state index in [9.17, 15) is 14.0 Å². The van der Waals surface area contributed by atoms with Crippen molar-refractivity contribution in [2.75, 3.05) is 12.3 Å². The Morgan fingerprint density at radius 2 is 1.63 bits per heavy atom. The van der Waals surface area contributed by atoms with E-state index in [-0.39, 0.29) is 23.4 Å². The smallest absolute Gasteiger partial charge is 0.242 e. The predicted octanol–water partition coefficient (Wildman–Crippen LogP) is 5.01. The van der Waals surface area contributed by atoms with Crippen molar-refractivity contribution in [2.24, 2.45) is 5.92 Å². The molecule has 0 aliphatic carbocycles. The minimum absolute atomic E-state index is 0.0998. The number of thioether (sulfide) groups is 1. The van der Waals surface area contributed by atoms with Gasteiger partial charge in [-0.25, -0.2) is 4.39 Å². The zero-order valence-electron chi connectivity index (χ0n) is 17.5. The number of amides is 2. The maximum absolute atomic E-state index is 13.0. The van der Waals surface area contributed by atoms with E-state index in [1.807, 2.05) is 38.1 Å². The molecule has 0 aliphatic heterocycles. The molecule has 30 heavy (non-hydrogen) atoms. The van der Waals surface area contributed by atoms with Crippen molar-refractivity contribution in [1.82, 2.24) is 10.2 Å². The van der Waals surface area contributed by atoms with Gasteiger partial charge in [0, 0.05) is 23.3 Å². The fourth-order valence-electron chi connectivity index (χ4n) is 2.74. The number of rotatable bonds is 10. The van der Waals surface area contributed by atoms with E-state index in [2.05, 4.69) is 21.2 Å². The lowest BCUT2D eigenvalue weighted by atomic mass is 10.1. The summed E-state index contributed by atoms with van der Waals surface area (Å²) < 4.78 is 14.0. The van der Waals surface area contributed by atoms with Gasteiger partial charge in [0.15, 0.2) is 0 Å². The quantitative estimate of drug-likeness (QED) is 0.504. The summed E-state index contributed by atoms with van der Waals surface area (Å²) >= 11 is 4.87. The first-order chi connectivity index (χ1) is 14.3. The molecule has 4 nitrogen and oxygen atoms in total. The summed E-state index contributed by atoms with van der Waals surface area (Å²) in [6.07, 6.45) is 0. The zero-order chi connectivity index (χ0) is 22.1. The lowest BCUT2D eigenvalue weighted by molar-refractivity contribution is -0.138. The van der Waals surface area contributed by atoms with Crippen LogP contribution in [0.3, 0.4) is 0 Å². The highest BCUT2D eigenvalue weighted by molar-refractivity contribution is 9.10. The highest BCUT2D eigenvalue weighted by atomic mass is 79.9. The molecule has 2 amide bonds. The lowest BCUT2D eigenvalue weighted by Gasteiger charge is -2.29. The molecule has 0 unspecified atom stereocenters. The highest BCUT2D eigenvalue weighted by Gasteiger charge is 2.26. The van der Waals surface area contributed by atoms with Crippen molar-refractivity contribution < 1.29 is 14.0 Å². The van der Waals surface area contributed by atoms with Gasteiger partial charge in [-0.1, -0.05) is 54.0 Å². The molecule has 0 bridgehead atoms. The van der Waals surface area contributed by atoms with Crippen molar-refractivity contribution in [3.63, 3.8) is 0 Å². The van der Waals surface area contributed by atoms with Gasteiger partial charge in [0.2, 0.25) is 11.8 Å². The Labute approximate surface area is 190 Å². The molecule has 0 radical (unpaired) electrons. The molecule has 7 heteroatoms. The second-order valence-corrected chi connectivity index (χ2v) is 9.48. The summed E-state index contributed by atoms with van der Waals surface area (Å²) in [6, 6.07) is 13.4. The monoisotopic (exact) mass is 494 g/mol. The largest absolute Gasteiger partial charge is 0.354 e. The Morgan fingerprint density at radius 3 is 2.23 bits per heavy atom. The van der Waals surface area contributed by atoms with Gasteiger partial charge in [-0.15, -0.1) is 11.8 Å². The summed E-state index contributed by atoms with van der Waals surface area (Å²) in [5.41, 5.74) is 1.91. The zero-order valence-corrected chi connectivity index (χ0v) is 19.9. The number of nitrogens with zero attached hydrogens (tertiary/aromatic N) is 1. The molecule has 0 saturated carbocycles. The number of nitrogens with one attached hydrogen (secondary N) is 1. The molecule has 0 saturated heterocycles. The first kappa shape index (κ1) is 24.4. The Balaban J connectivity index is 2.04. The van der Waals surface area contributed by atoms with Crippen LogP contribution in [0.2, 0.25) is 0 Å². The Hall–Kier alpha value is -1.86. The van der Waals surface area contributed by atoms with Crippen LogP contribution in [0.15, 0.2) is 53.0 Å². The maximum atomic E-state index is 13.0. The lowest BCUT2D eigenvalue weighted by Crippen LogP contribution is -2.48. The fourth-order valence-corrected chi connectivity index (χ4v) is 3.88. The van der Waals surface area contributed by atoms with E-state index >= 15 is 0 Å². The van der Waals surface area contributed by atoms with Crippen LogP contribution in [-0.2, 0) is 21.9 Å². The third-order valence-electron chi connectivity index (χ3n) is 4.53. The van der Waals surface area contributed by atoms with Gasteiger partial charge in [-0.2, -0.15) is 0 Å². The second kappa shape index (κ2) is 12.1. The second-order valence-electron chi connectivity index (χ2n) is 7.58. The van der Waals surface area contributed by atoms with Crippen molar-refractivity contribution in [3.05, 3.63) is 69.9 Å². The van der Waals surface area contributed by atoms with Crippen molar-refractivity contribution in [3.8, 4) is 0 Å². The average Bonchev–Trinajstić information content (AvgIpc) is 2.72. The molecule has 2 aromatic rings. The van der Waals surface area contributed by atoms with Crippen molar-refractivity contribution in [2.45, 2.75) is 39.1 Å². The molecular formula is C23H28BrFN2O2S. The van der Waals surface area contributed by atoms with Gasteiger partial charge in [0.1, 0.15) is 11.9 Å². The van der Waals surface area contributed by atoms with Crippen LogP contribution in [-0.4, -0.2) is 35.1 Å². The summed E-state index contributed by atoms with van der Waals surface area (Å²) in [4.78, 5) is 27.2. The van der Waals surface area contributed by atoms with Crippen LogP contribution < -0.4 is 5.32 Å². The Bertz CT molecular complexity index is 828. The van der Waals surface area contributed by atoms with Crippen LogP contribution in [0.4, 0.5) is 4.39 Å². The predicted molar refractivity (Wildman–Crippen MR) is 125 cm³/mol. The van der Waals surface area contributed by atoms with E-state index in [0.29, 0.717) is 24.8 Å². The third-order valence-corrected chi connectivity index (χ3v) is 6.04. The van der Waals surface area contributed by atoms with Gasteiger partial charge in [-0.05, 0) is 48.2 Å². The molecule has 0 fully saturated rings. The van der Waals surface area contributed by atoms with E-state index in [1.54, 1.807) is 24.0 Å². The minimum atomic E-state index is -0.577. The minimum Gasteiger partial charge on any atom is -0.354 e. The van der Waals surface area contributed by atoms with E-state index < -0.39 is 6.04 Å². The maximum Gasteiger partial charge on any atom is 0.242 e. The van der Waals surface area contributed by atoms with E-state index in [4.69, 9.17) is 0 Å². The molecular weight excluding hydrogens is 467 g/mol. The molecule has 0 aliphatic rings. The SMILES string of the molecule is CC(C)CNC(=O)[C@@H](C)N(Cc1ccc(Br)cc1)C(=O)CSCc1ccc(F)cc1.